The Morgan fingerprint density at radius 1 is 1.14 bits per heavy atom. The zero-order chi connectivity index (χ0) is 15.6. The van der Waals surface area contributed by atoms with Crippen molar-refractivity contribution in [1.82, 2.24) is 0 Å². The summed E-state index contributed by atoms with van der Waals surface area (Å²) in [5.41, 5.74) is 8.86. The molecule has 21 heavy (non-hydrogen) atoms. The molecule has 0 bridgehead atoms. The average molecular weight is 308 g/mol. The van der Waals surface area contributed by atoms with Crippen molar-refractivity contribution in [3.8, 4) is 0 Å². The van der Waals surface area contributed by atoms with E-state index in [0.29, 0.717) is 5.56 Å². The summed E-state index contributed by atoms with van der Waals surface area (Å²) in [7, 11) is 0. The van der Waals surface area contributed by atoms with Crippen molar-refractivity contribution in [2.24, 2.45) is 5.73 Å². The fraction of sp³-hybridized carbons (Fsp3) is 0.294. The molecule has 4 heteroatoms. The van der Waals surface area contributed by atoms with E-state index in [1.54, 1.807) is 12.1 Å². The maximum Gasteiger partial charge on any atom is 0.145 e. The molecule has 0 aliphatic heterocycles. The van der Waals surface area contributed by atoms with Crippen LogP contribution >= 0.6 is 11.6 Å². The molecule has 0 aliphatic rings. The Kier molecular flexibility index (Phi) is 4.99. The number of hydrogen-bond acceptors (Lipinski definition) is 2. The van der Waals surface area contributed by atoms with Crippen molar-refractivity contribution in [1.29, 1.82) is 0 Å². The maximum atomic E-state index is 14.2. The molecule has 0 fully saturated rings. The molecule has 0 aromatic heterocycles. The normalized spacial score (nSPS) is 14.0. The summed E-state index contributed by atoms with van der Waals surface area (Å²) in [6.07, 6.45) is -0.871. The van der Waals surface area contributed by atoms with Gasteiger partial charge in [0.2, 0.25) is 0 Å². The topological polar surface area (TPSA) is 46.2 Å². The van der Waals surface area contributed by atoms with Crippen LogP contribution in [0.4, 0.5) is 4.39 Å². The summed E-state index contributed by atoms with van der Waals surface area (Å²) in [6, 6.07) is 10.6. The van der Waals surface area contributed by atoms with Crippen LogP contribution in [0.25, 0.3) is 0 Å². The van der Waals surface area contributed by atoms with Crippen LogP contribution in [0, 0.1) is 19.7 Å². The van der Waals surface area contributed by atoms with Gasteiger partial charge in [0.1, 0.15) is 5.82 Å². The second-order valence-electron chi connectivity index (χ2n) is 5.24. The highest BCUT2D eigenvalue weighted by atomic mass is 35.5. The van der Waals surface area contributed by atoms with Gasteiger partial charge in [-0.2, -0.15) is 0 Å². The Labute approximate surface area is 129 Å². The van der Waals surface area contributed by atoms with Crippen molar-refractivity contribution in [3.05, 3.63) is 69.5 Å². The summed E-state index contributed by atoms with van der Waals surface area (Å²) >= 11 is 5.83. The summed E-state index contributed by atoms with van der Waals surface area (Å²) in [5, 5.41) is 10.8. The second-order valence-corrected chi connectivity index (χ2v) is 5.64. The zero-order valence-electron chi connectivity index (χ0n) is 12.1. The summed E-state index contributed by atoms with van der Waals surface area (Å²) in [5.74, 6) is -1.05. The number of aryl methyl sites for hydroxylation is 2. The molecule has 0 radical (unpaired) electrons. The van der Waals surface area contributed by atoms with E-state index in [9.17, 15) is 9.50 Å². The molecule has 112 valence electrons. The van der Waals surface area contributed by atoms with Crippen molar-refractivity contribution in [2.75, 3.05) is 6.54 Å². The lowest BCUT2D eigenvalue weighted by atomic mass is 9.85. The first kappa shape index (κ1) is 16.0. The first-order valence-corrected chi connectivity index (χ1v) is 7.23. The van der Waals surface area contributed by atoms with Gasteiger partial charge < -0.3 is 10.8 Å². The molecule has 0 saturated carbocycles. The van der Waals surface area contributed by atoms with Gasteiger partial charge in [-0.15, -0.1) is 0 Å². The van der Waals surface area contributed by atoms with Crippen LogP contribution in [-0.2, 0) is 0 Å². The Bertz CT molecular complexity index is 624. The lowest BCUT2D eigenvalue weighted by molar-refractivity contribution is 0.144. The lowest BCUT2D eigenvalue weighted by Gasteiger charge is -2.25. The highest BCUT2D eigenvalue weighted by molar-refractivity contribution is 6.30. The van der Waals surface area contributed by atoms with Gasteiger partial charge in [-0.05, 0) is 42.2 Å². The van der Waals surface area contributed by atoms with Gasteiger partial charge in [-0.3, -0.25) is 0 Å². The number of nitrogens with two attached hydrogens (primary N) is 1. The molecular weight excluding hydrogens is 289 g/mol. The smallest absolute Gasteiger partial charge is 0.145 e. The summed E-state index contributed by atoms with van der Waals surface area (Å²) in [4.78, 5) is 0. The standard InChI is InChI=1S/C17H19ClFNO/c1-10-5-3-6-11(2)15(10)17(21)13(9-20)12-7-4-8-14(18)16(12)19/h3-8,13,17,21H,9,20H2,1-2H3. The molecule has 2 aromatic rings. The van der Waals surface area contributed by atoms with Crippen molar-refractivity contribution in [2.45, 2.75) is 25.9 Å². The molecule has 2 unspecified atom stereocenters. The van der Waals surface area contributed by atoms with Crippen LogP contribution in [0.15, 0.2) is 36.4 Å². The van der Waals surface area contributed by atoms with Crippen LogP contribution in [0.5, 0.6) is 0 Å². The third-order valence-electron chi connectivity index (χ3n) is 3.85. The van der Waals surface area contributed by atoms with Gasteiger partial charge in [0.15, 0.2) is 0 Å². The van der Waals surface area contributed by atoms with E-state index >= 15 is 0 Å². The number of benzene rings is 2. The SMILES string of the molecule is Cc1cccc(C)c1C(O)C(CN)c1cccc(Cl)c1F. The van der Waals surface area contributed by atoms with E-state index in [-0.39, 0.29) is 11.6 Å². The largest absolute Gasteiger partial charge is 0.388 e. The lowest BCUT2D eigenvalue weighted by Crippen LogP contribution is -2.22. The number of aliphatic hydroxyl groups excluding tert-OH is 1. The van der Waals surface area contributed by atoms with Gasteiger partial charge in [-0.25, -0.2) is 4.39 Å². The molecule has 2 nitrogen and oxygen atoms in total. The average Bonchev–Trinajstić information content (AvgIpc) is 2.44. The number of rotatable bonds is 4. The fourth-order valence-corrected chi connectivity index (χ4v) is 2.91. The van der Waals surface area contributed by atoms with Crippen molar-refractivity contribution in [3.63, 3.8) is 0 Å². The van der Waals surface area contributed by atoms with Crippen molar-refractivity contribution >= 4 is 11.6 Å². The molecule has 2 rings (SSSR count). The third-order valence-corrected chi connectivity index (χ3v) is 4.15. The first-order valence-electron chi connectivity index (χ1n) is 6.85. The van der Waals surface area contributed by atoms with Crippen LogP contribution in [-0.4, -0.2) is 11.7 Å². The second kappa shape index (κ2) is 6.56. The molecule has 0 amide bonds. The number of hydrogen-bond donors (Lipinski definition) is 2. The van der Waals surface area contributed by atoms with E-state index in [4.69, 9.17) is 17.3 Å². The molecule has 0 saturated heterocycles. The highest BCUT2D eigenvalue weighted by Gasteiger charge is 2.27. The maximum absolute atomic E-state index is 14.2. The molecule has 0 heterocycles. The predicted octanol–water partition coefficient (Wildman–Crippen LogP) is 3.87. The minimum atomic E-state index is -0.871. The summed E-state index contributed by atoms with van der Waals surface area (Å²) < 4.78 is 14.2. The monoisotopic (exact) mass is 307 g/mol. The molecule has 3 N–H and O–H groups in total. The quantitative estimate of drug-likeness (QED) is 0.900. The van der Waals surface area contributed by atoms with Crippen LogP contribution in [0.1, 0.15) is 34.3 Å². The van der Waals surface area contributed by atoms with Gasteiger partial charge in [0.05, 0.1) is 11.1 Å². The van der Waals surface area contributed by atoms with E-state index < -0.39 is 17.8 Å². The van der Waals surface area contributed by atoms with E-state index in [1.165, 1.54) is 6.07 Å². The number of aliphatic hydroxyl groups is 1. The highest BCUT2D eigenvalue weighted by Crippen LogP contribution is 2.36. The van der Waals surface area contributed by atoms with Gasteiger partial charge in [0.25, 0.3) is 0 Å². The minimum Gasteiger partial charge on any atom is -0.388 e. The molecule has 2 atom stereocenters. The molecule has 0 aliphatic carbocycles. The van der Waals surface area contributed by atoms with Gasteiger partial charge in [0, 0.05) is 12.5 Å². The Hall–Kier alpha value is -1.42. The Morgan fingerprint density at radius 2 is 1.71 bits per heavy atom. The zero-order valence-corrected chi connectivity index (χ0v) is 12.9. The van der Waals surface area contributed by atoms with Gasteiger partial charge >= 0.3 is 0 Å². The van der Waals surface area contributed by atoms with Gasteiger partial charge in [-0.1, -0.05) is 41.9 Å². The van der Waals surface area contributed by atoms with E-state index in [0.717, 1.165) is 16.7 Å². The van der Waals surface area contributed by atoms with E-state index in [2.05, 4.69) is 0 Å². The third kappa shape index (κ3) is 3.10. The van der Waals surface area contributed by atoms with Crippen LogP contribution < -0.4 is 5.73 Å². The first-order chi connectivity index (χ1) is 9.97. The van der Waals surface area contributed by atoms with E-state index in [1.807, 2.05) is 32.0 Å². The summed E-state index contributed by atoms with van der Waals surface area (Å²) in [6.45, 7) is 3.98. The molecular formula is C17H19ClFNO. The predicted molar refractivity (Wildman–Crippen MR) is 84.1 cm³/mol. The molecule has 2 aromatic carbocycles. The van der Waals surface area contributed by atoms with Crippen LogP contribution in [0.3, 0.4) is 0 Å². The minimum absolute atomic E-state index is 0.0413. The van der Waals surface area contributed by atoms with Crippen LogP contribution in [0.2, 0.25) is 5.02 Å². The number of halogens is 2. The Balaban J connectivity index is 2.48. The molecule has 0 spiro atoms. The van der Waals surface area contributed by atoms with Crippen molar-refractivity contribution < 1.29 is 9.50 Å². The fourth-order valence-electron chi connectivity index (χ4n) is 2.73. The Morgan fingerprint density at radius 3 is 2.29 bits per heavy atom.